The van der Waals surface area contributed by atoms with Gasteiger partial charge >= 0.3 is 0 Å². The molecule has 3 heteroatoms. The summed E-state index contributed by atoms with van der Waals surface area (Å²) in [6, 6.07) is 11.8. The maximum atomic E-state index is 12.6. The summed E-state index contributed by atoms with van der Waals surface area (Å²) in [6.07, 6.45) is 0.990. The van der Waals surface area contributed by atoms with Gasteiger partial charge in [0.25, 0.3) is 5.91 Å². The van der Waals surface area contributed by atoms with Gasteiger partial charge in [0.05, 0.1) is 7.11 Å². The second-order valence-electron chi connectivity index (χ2n) is 6.07. The van der Waals surface area contributed by atoms with Crippen LogP contribution in [0.3, 0.4) is 0 Å². The molecule has 23 heavy (non-hydrogen) atoms. The molecule has 0 saturated carbocycles. The van der Waals surface area contributed by atoms with Crippen LogP contribution in [0.5, 0.6) is 5.75 Å². The minimum absolute atomic E-state index is 0.0868. The first-order valence-electron chi connectivity index (χ1n) is 8.05. The van der Waals surface area contributed by atoms with E-state index in [1.165, 1.54) is 5.56 Å². The molecule has 0 aliphatic heterocycles. The quantitative estimate of drug-likeness (QED) is 0.849. The van der Waals surface area contributed by atoms with E-state index in [0.29, 0.717) is 11.5 Å². The molecule has 122 valence electrons. The van der Waals surface area contributed by atoms with Gasteiger partial charge < -0.3 is 10.1 Å². The fourth-order valence-corrected chi connectivity index (χ4v) is 2.59. The lowest BCUT2D eigenvalue weighted by atomic mass is 9.96. The van der Waals surface area contributed by atoms with E-state index >= 15 is 0 Å². The molecule has 1 amide bonds. The zero-order valence-electron chi connectivity index (χ0n) is 14.6. The van der Waals surface area contributed by atoms with Gasteiger partial charge in [0, 0.05) is 11.3 Å². The molecule has 1 N–H and O–H groups in total. The summed E-state index contributed by atoms with van der Waals surface area (Å²) >= 11 is 0. The van der Waals surface area contributed by atoms with Crippen molar-refractivity contribution in [2.75, 3.05) is 12.4 Å². The van der Waals surface area contributed by atoms with Crippen molar-refractivity contribution in [3.8, 4) is 5.75 Å². The first kappa shape index (κ1) is 17.1. The highest BCUT2D eigenvalue weighted by molar-refractivity contribution is 6.05. The number of carbonyl (C=O) groups is 1. The largest absolute Gasteiger partial charge is 0.496 e. The van der Waals surface area contributed by atoms with Crippen LogP contribution < -0.4 is 10.1 Å². The fourth-order valence-electron chi connectivity index (χ4n) is 2.59. The van der Waals surface area contributed by atoms with Crippen molar-refractivity contribution in [1.82, 2.24) is 0 Å². The van der Waals surface area contributed by atoms with Crippen molar-refractivity contribution in [3.63, 3.8) is 0 Å². The molecule has 2 rings (SSSR count). The van der Waals surface area contributed by atoms with Crippen molar-refractivity contribution in [1.29, 1.82) is 0 Å². The van der Waals surface area contributed by atoms with Crippen molar-refractivity contribution in [2.24, 2.45) is 0 Å². The van der Waals surface area contributed by atoms with E-state index in [9.17, 15) is 4.79 Å². The van der Waals surface area contributed by atoms with E-state index < -0.39 is 0 Å². The molecule has 0 aliphatic carbocycles. The van der Waals surface area contributed by atoms with E-state index in [0.717, 1.165) is 29.0 Å². The number of methoxy groups -OCH3 is 1. The highest BCUT2D eigenvalue weighted by atomic mass is 16.5. The molecule has 0 fully saturated rings. The summed E-state index contributed by atoms with van der Waals surface area (Å²) in [5.41, 5.74) is 4.71. The van der Waals surface area contributed by atoms with Crippen LogP contribution in [0.4, 0.5) is 5.69 Å². The number of nitrogens with one attached hydrogen (secondary N) is 1. The minimum atomic E-state index is -0.0868. The Balaban J connectivity index is 2.29. The van der Waals surface area contributed by atoms with Gasteiger partial charge in [0.2, 0.25) is 0 Å². The minimum Gasteiger partial charge on any atom is -0.496 e. The van der Waals surface area contributed by atoms with Crippen LogP contribution in [-0.4, -0.2) is 13.0 Å². The highest BCUT2D eigenvalue weighted by Gasteiger charge is 2.16. The monoisotopic (exact) mass is 311 g/mol. The Kier molecular flexibility index (Phi) is 5.43. The maximum Gasteiger partial charge on any atom is 0.255 e. The Bertz CT molecular complexity index is 688. The number of carbonyl (C=O) groups excluding carboxylic acids is 1. The van der Waals surface area contributed by atoms with Crippen molar-refractivity contribution in [3.05, 3.63) is 58.7 Å². The Morgan fingerprint density at radius 2 is 1.83 bits per heavy atom. The Hall–Kier alpha value is -2.29. The average Bonchev–Trinajstić information content (AvgIpc) is 2.54. The molecule has 0 spiro atoms. The van der Waals surface area contributed by atoms with E-state index in [-0.39, 0.29) is 5.91 Å². The lowest BCUT2D eigenvalue weighted by Gasteiger charge is -2.16. The zero-order valence-corrected chi connectivity index (χ0v) is 14.6. The SMILES string of the molecule is CCc1ccc(NC(=O)c2cc(C(C)C)c(OC)cc2C)cc1. The third kappa shape index (κ3) is 3.92. The Morgan fingerprint density at radius 1 is 1.17 bits per heavy atom. The van der Waals surface area contributed by atoms with Crippen LogP contribution in [0.25, 0.3) is 0 Å². The van der Waals surface area contributed by atoms with Crippen molar-refractivity contribution >= 4 is 11.6 Å². The van der Waals surface area contributed by atoms with Crippen LogP contribution in [0.2, 0.25) is 0 Å². The number of hydrogen-bond donors (Lipinski definition) is 1. The predicted molar refractivity (Wildman–Crippen MR) is 95.6 cm³/mol. The third-order valence-electron chi connectivity index (χ3n) is 4.06. The smallest absolute Gasteiger partial charge is 0.255 e. The molecule has 0 atom stereocenters. The van der Waals surface area contributed by atoms with Crippen LogP contribution in [0, 0.1) is 6.92 Å². The number of benzene rings is 2. The van der Waals surface area contributed by atoms with Gasteiger partial charge in [-0.15, -0.1) is 0 Å². The van der Waals surface area contributed by atoms with Gasteiger partial charge in [-0.1, -0.05) is 32.9 Å². The lowest BCUT2D eigenvalue weighted by molar-refractivity contribution is 0.102. The summed E-state index contributed by atoms with van der Waals surface area (Å²) in [5.74, 6) is 1.04. The van der Waals surface area contributed by atoms with Gasteiger partial charge in [0.15, 0.2) is 0 Å². The highest BCUT2D eigenvalue weighted by Crippen LogP contribution is 2.30. The second kappa shape index (κ2) is 7.32. The van der Waals surface area contributed by atoms with E-state index in [2.05, 4.69) is 26.1 Å². The number of aryl methyl sites for hydroxylation is 2. The molecule has 2 aromatic carbocycles. The number of anilines is 1. The van der Waals surface area contributed by atoms with E-state index in [1.807, 2.05) is 43.3 Å². The first-order chi connectivity index (χ1) is 11.0. The molecule has 0 saturated heterocycles. The fraction of sp³-hybridized carbons (Fsp3) is 0.350. The molecule has 0 aromatic heterocycles. The molecule has 0 aliphatic rings. The van der Waals surface area contributed by atoms with Gasteiger partial charge in [-0.2, -0.15) is 0 Å². The first-order valence-corrected chi connectivity index (χ1v) is 8.05. The topological polar surface area (TPSA) is 38.3 Å². The van der Waals surface area contributed by atoms with Crippen LogP contribution >= 0.6 is 0 Å². The predicted octanol–water partition coefficient (Wildman–Crippen LogP) is 4.94. The molecule has 2 aromatic rings. The molecule has 0 bridgehead atoms. The van der Waals surface area contributed by atoms with Crippen LogP contribution in [0.15, 0.2) is 36.4 Å². The molecular weight excluding hydrogens is 286 g/mol. The van der Waals surface area contributed by atoms with Crippen LogP contribution in [-0.2, 0) is 6.42 Å². The van der Waals surface area contributed by atoms with E-state index in [1.54, 1.807) is 7.11 Å². The maximum absolute atomic E-state index is 12.6. The number of amides is 1. The number of hydrogen-bond acceptors (Lipinski definition) is 2. The van der Waals surface area contributed by atoms with Gasteiger partial charge in [-0.05, 0) is 60.2 Å². The molecule has 0 heterocycles. The number of rotatable bonds is 5. The van der Waals surface area contributed by atoms with Crippen LogP contribution in [0.1, 0.15) is 53.7 Å². The Morgan fingerprint density at radius 3 is 2.35 bits per heavy atom. The van der Waals surface area contributed by atoms with Crippen molar-refractivity contribution in [2.45, 2.75) is 40.0 Å². The standard InChI is InChI=1S/C20H25NO2/c1-6-15-7-9-16(10-8-15)21-20(22)18-12-17(13(2)3)19(23-5)11-14(18)4/h7-13H,6H2,1-5H3,(H,21,22). The van der Waals surface area contributed by atoms with E-state index in [4.69, 9.17) is 4.74 Å². The van der Waals surface area contributed by atoms with Gasteiger partial charge in [-0.25, -0.2) is 0 Å². The zero-order chi connectivity index (χ0) is 17.0. The summed E-state index contributed by atoms with van der Waals surface area (Å²) in [5, 5.41) is 2.97. The third-order valence-corrected chi connectivity index (χ3v) is 4.06. The van der Waals surface area contributed by atoms with Crippen molar-refractivity contribution < 1.29 is 9.53 Å². The lowest BCUT2D eigenvalue weighted by Crippen LogP contribution is -2.14. The number of ether oxygens (including phenoxy) is 1. The average molecular weight is 311 g/mol. The summed E-state index contributed by atoms with van der Waals surface area (Å²) < 4.78 is 5.43. The summed E-state index contributed by atoms with van der Waals surface area (Å²) in [6.45, 7) is 8.24. The molecular formula is C20H25NO2. The molecule has 3 nitrogen and oxygen atoms in total. The van der Waals surface area contributed by atoms with Gasteiger partial charge in [0.1, 0.15) is 5.75 Å². The molecule has 0 unspecified atom stereocenters. The Labute approximate surface area is 138 Å². The summed E-state index contributed by atoms with van der Waals surface area (Å²) in [4.78, 5) is 12.6. The normalized spacial score (nSPS) is 10.7. The second-order valence-corrected chi connectivity index (χ2v) is 6.07. The molecule has 0 radical (unpaired) electrons. The summed E-state index contributed by atoms with van der Waals surface area (Å²) in [7, 11) is 1.66. The van der Waals surface area contributed by atoms with Gasteiger partial charge in [-0.3, -0.25) is 4.79 Å².